The Kier molecular flexibility index (Phi) is 4.70. The second kappa shape index (κ2) is 6.40. The minimum Gasteiger partial charge on any atom is -0.507 e. The van der Waals surface area contributed by atoms with E-state index in [1.54, 1.807) is 6.92 Å². The molecule has 24 heavy (non-hydrogen) atoms. The molecule has 0 fully saturated rings. The Morgan fingerprint density at radius 3 is 2.29 bits per heavy atom. The fourth-order valence-corrected chi connectivity index (χ4v) is 2.26. The third-order valence-electron chi connectivity index (χ3n) is 3.32. The Morgan fingerprint density at radius 1 is 1.21 bits per heavy atom. The van der Waals surface area contributed by atoms with Crippen LogP contribution >= 0.6 is 0 Å². The first kappa shape index (κ1) is 17.6. The summed E-state index contributed by atoms with van der Waals surface area (Å²) in [7, 11) is 0. The van der Waals surface area contributed by atoms with Crippen molar-refractivity contribution >= 4 is 5.97 Å². The van der Waals surface area contributed by atoms with E-state index < -0.39 is 29.9 Å². The summed E-state index contributed by atoms with van der Waals surface area (Å²) in [4.78, 5) is 11.1. The Morgan fingerprint density at radius 2 is 1.79 bits per heavy atom. The SMILES string of the molecule is Cc1cc(C(=O)O)c(O)c([C@@H](N)c2ccc(OC(F)(F)F)cc2)c1. The molecule has 128 valence electrons. The zero-order valence-electron chi connectivity index (χ0n) is 12.5. The number of nitrogens with two attached hydrogens (primary N) is 1. The van der Waals surface area contributed by atoms with Gasteiger partial charge in [-0.25, -0.2) is 4.79 Å². The summed E-state index contributed by atoms with van der Waals surface area (Å²) in [6.45, 7) is 1.64. The van der Waals surface area contributed by atoms with Crippen molar-refractivity contribution in [3.8, 4) is 11.5 Å². The molecule has 0 aliphatic heterocycles. The van der Waals surface area contributed by atoms with Crippen LogP contribution in [0.15, 0.2) is 36.4 Å². The second-order valence-electron chi connectivity index (χ2n) is 5.15. The van der Waals surface area contributed by atoms with Gasteiger partial charge in [-0.3, -0.25) is 0 Å². The lowest BCUT2D eigenvalue weighted by atomic mass is 9.94. The Balaban J connectivity index is 2.35. The zero-order chi connectivity index (χ0) is 18.1. The number of alkyl halides is 3. The first-order valence-electron chi connectivity index (χ1n) is 6.76. The molecule has 2 aromatic carbocycles. The fourth-order valence-electron chi connectivity index (χ4n) is 2.26. The number of hydrogen-bond acceptors (Lipinski definition) is 4. The van der Waals surface area contributed by atoms with Gasteiger partial charge in [-0.1, -0.05) is 18.2 Å². The smallest absolute Gasteiger partial charge is 0.507 e. The number of benzene rings is 2. The van der Waals surface area contributed by atoms with Crippen molar-refractivity contribution in [2.24, 2.45) is 5.73 Å². The number of aromatic hydroxyl groups is 1. The minimum absolute atomic E-state index is 0.164. The molecule has 0 aliphatic carbocycles. The van der Waals surface area contributed by atoms with Gasteiger partial charge in [0.25, 0.3) is 0 Å². The van der Waals surface area contributed by atoms with Gasteiger partial charge >= 0.3 is 12.3 Å². The molecule has 0 aliphatic rings. The summed E-state index contributed by atoms with van der Waals surface area (Å²) < 4.78 is 40.2. The van der Waals surface area contributed by atoms with E-state index in [9.17, 15) is 23.1 Å². The first-order chi connectivity index (χ1) is 11.1. The van der Waals surface area contributed by atoms with E-state index in [-0.39, 0.29) is 11.1 Å². The van der Waals surface area contributed by atoms with Crippen LogP contribution < -0.4 is 10.5 Å². The first-order valence-corrected chi connectivity index (χ1v) is 6.76. The average molecular weight is 341 g/mol. The quantitative estimate of drug-likeness (QED) is 0.793. The number of hydrogen-bond donors (Lipinski definition) is 3. The number of aromatic carboxylic acids is 1. The third kappa shape index (κ3) is 3.96. The molecule has 2 aromatic rings. The van der Waals surface area contributed by atoms with Gasteiger partial charge in [-0.15, -0.1) is 13.2 Å². The fraction of sp³-hybridized carbons (Fsp3) is 0.188. The lowest BCUT2D eigenvalue weighted by molar-refractivity contribution is -0.274. The molecule has 0 spiro atoms. The van der Waals surface area contributed by atoms with Crippen molar-refractivity contribution in [1.29, 1.82) is 0 Å². The molecular weight excluding hydrogens is 327 g/mol. The van der Waals surface area contributed by atoms with Crippen LogP contribution in [0.5, 0.6) is 11.5 Å². The van der Waals surface area contributed by atoms with Crippen LogP contribution in [0.1, 0.15) is 33.1 Å². The van der Waals surface area contributed by atoms with Crippen molar-refractivity contribution in [3.05, 3.63) is 58.7 Å². The number of halogens is 3. The molecular formula is C16H14F3NO4. The van der Waals surface area contributed by atoms with Crippen LogP contribution in [-0.4, -0.2) is 22.5 Å². The largest absolute Gasteiger partial charge is 0.573 e. The molecule has 5 nitrogen and oxygen atoms in total. The van der Waals surface area contributed by atoms with E-state index in [0.717, 1.165) is 12.1 Å². The Hall–Kier alpha value is -2.74. The summed E-state index contributed by atoms with van der Waals surface area (Å²) in [6, 6.07) is 6.71. The number of rotatable bonds is 4. The van der Waals surface area contributed by atoms with E-state index in [1.807, 2.05) is 0 Å². The van der Waals surface area contributed by atoms with E-state index in [4.69, 9.17) is 10.8 Å². The maximum atomic E-state index is 12.1. The van der Waals surface area contributed by atoms with E-state index in [1.165, 1.54) is 24.3 Å². The molecule has 0 saturated carbocycles. The van der Waals surface area contributed by atoms with E-state index in [0.29, 0.717) is 11.1 Å². The van der Waals surface area contributed by atoms with Gasteiger partial charge in [0.15, 0.2) is 0 Å². The molecule has 0 saturated heterocycles. The summed E-state index contributed by atoms with van der Waals surface area (Å²) >= 11 is 0. The zero-order valence-corrected chi connectivity index (χ0v) is 12.5. The van der Waals surface area contributed by atoms with Gasteiger partial charge in [-0.05, 0) is 36.2 Å². The van der Waals surface area contributed by atoms with Gasteiger partial charge in [0, 0.05) is 5.56 Å². The van der Waals surface area contributed by atoms with Crippen molar-refractivity contribution in [1.82, 2.24) is 0 Å². The number of carbonyl (C=O) groups is 1. The van der Waals surface area contributed by atoms with E-state index in [2.05, 4.69) is 4.74 Å². The number of ether oxygens (including phenoxy) is 1. The number of aryl methyl sites for hydroxylation is 1. The molecule has 0 bridgehead atoms. The lowest BCUT2D eigenvalue weighted by Gasteiger charge is -2.17. The van der Waals surface area contributed by atoms with Gasteiger partial charge < -0.3 is 20.7 Å². The van der Waals surface area contributed by atoms with Crippen LogP contribution in [0, 0.1) is 6.92 Å². The van der Waals surface area contributed by atoms with Crippen LogP contribution in [0.3, 0.4) is 0 Å². The second-order valence-corrected chi connectivity index (χ2v) is 5.15. The Bertz CT molecular complexity index is 757. The molecule has 2 rings (SSSR count). The number of phenols is 1. The van der Waals surface area contributed by atoms with Gasteiger partial charge in [-0.2, -0.15) is 0 Å². The lowest BCUT2D eigenvalue weighted by Crippen LogP contribution is -2.17. The highest BCUT2D eigenvalue weighted by Gasteiger charge is 2.31. The van der Waals surface area contributed by atoms with Gasteiger partial charge in [0.05, 0.1) is 6.04 Å². The summed E-state index contributed by atoms with van der Waals surface area (Å²) in [5.41, 5.74) is 6.85. The standard InChI is InChI=1S/C16H14F3NO4/c1-8-6-11(14(21)12(7-8)15(22)23)13(20)9-2-4-10(5-3-9)24-16(17,18)19/h2-7,13,21H,20H2,1H3,(H,22,23)/t13-/m0/s1. The molecule has 0 radical (unpaired) electrons. The normalized spacial score (nSPS) is 12.7. The van der Waals surface area contributed by atoms with Crippen LogP contribution in [0.2, 0.25) is 0 Å². The predicted molar refractivity (Wildman–Crippen MR) is 79.0 cm³/mol. The van der Waals surface area contributed by atoms with Crippen molar-refractivity contribution in [2.75, 3.05) is 0 Å². The molecule has 8 heteroatoms. The highest BCUT2D eigenvalue weighted by Crippen LogP contribution is 2.33. The molecule has 0 amide bonds. The predicted octanol–water partition coefficient (Wildman–Crippen LogP) is 3.35. The summed E-state index contributed by atoms with van der Waals surface area (Å²) in [5, 5.41) is 19.2. The highest BCUT2D eigenvalue weighted by molar-refractivity contribution is 5.91. The molecule has 0 aromatic heterocycles. The topological polar surface area (TPSA) is 92.8 Å². The van der Waals surface area contributed by atoms with Crippen molar-refractivity contribution in [3.63, 3.8) is 0 Å². The van der Waals surface area contributed by atoms with Crippen molar-refractivity contribution in [2.45, 2.75) is 19.3 Å². The van der Waals surface area contributed by atoms with Gasteiger partial charge in [0.2, 0.25) is 0 Å². The highest BCUT2D eigenvalue weighted by atomic mass is 19.4. The summed E-state index contributed by atoms with van der Waals surface area (Å²) in [6.07, 6.45) is -4.80. The monoisotopic (exact) mass is 341 g/mol. The van der Waals surface area contributed by atoms with Crippen LogP contribution in [0.4, 0.5) is 13.2 Å². The average Bonchev–Trinajstić information content (AvgIpc) is 2.47. The maximum absolute atomic E-state index is 12.1. The van der Waals surface area contributed by atoms with E-state index >= 15 is 0 Å². The number of carboxylic acids is 1. The Labute approximate surface area is 135 Å². The minimum atomic E-state index is -4.80. The van der Waals surface area contributed by atoms with Crippen molar-refractivity contribution < 1.29 is 32.9 Å². The van der Waals surface area contributed by atoms with Crippen LogP contribution in [0.25, 0.3) is 0 Å². The van der Waals surface area contributed by atoms with Crippen LogP contribution in [-0.2, 0) is 0 Å². The maximum Gasteiger partial charge on any atom is 0.573 e. The molecule has 0 heterocycles. The third-order valence-corrected chi connectivity index (χ3v) is 3.32. The summed E-state index contributed by atoms with van der Waals surface area (Å²) in [5.74, 6) is -2.19. The molecule has 0 unspecified atom stereocenters. The number of carboxylic acid groups (broad SMARTS) is 1. The van der Waals surface area contributed by atoms with Gasteiger partial charge in [0.1, 0.15) is 17.1 Å². The molecule has 1 atom stereocenters. The molecule has 4 N–H and O–H groups in total.